The number of nitrogens with one attached hydrogen (secondary N) is 1. The number of ether oxygens (including phenoxy) is 2. The molecule has 0 unspecified atom stereocenters. The normalized spacial score (nSPS) is 16.4. The van der Waals surface area contributed by atoms with Crippen molar-refractivity contribution in [1.29, 1.82) is 5.26 Å². The van der Waals surface area contributed by atoms with Crippen molar-refractivity contribution in [1.82, 2.24) is 5.32 Å². The molecule has 0 saturated heterocycles. The fraction of sp³-hybridized carbons (Fsp3) is 0.533. The lowest BCUT2D eigenvalue weighted by Gasteiger charge is -2.40. The Hall–Kier alpha value is -1.57. The van der Waals surface area contributed by atoms with Crippen molar-refractivity contribution < 1.29 is 9.47 Å². The lowest BCUT2D eigenvalue weighted by Crippen LogP contribution is -2.47. The fourth-order valence-electron chi connectivity index (χ4n) is 2.28. The number of methoxy groups -OCH3 is 1. The minimum atomic E-state index is 0.0653. The smallest absolute Gasteiger partial charge is 0.174 e. The van der Waals surface area contributed by atoms with Crippen molar-refractivity contribution in [2.24, 2.45) is 0 Å². The van der Waals surface area contributed by atoms with Crippen LogP contribution in [0.25, 0.3) is 0 Å². The molecule has 102 valence electrons. The van der Waals surface area contributed by atoms with Crippen LogP contribution in [0.4, 0.5) is 0 Å². The van der Waals surface area contributed by atoms with Crippen LogP contribution in [0.2, 0.25) is 0 Å². The van der Waals surface area contributed by atoms with Gasteiger partial charge in [-0.15, -0.1) is 0 Å². The molecule has 1 N–H and O–H groups in total. The third-order valence-corrected chi connectivity index (χ3v) is 3.70. The standard InChI is InChI=1S/C15H20N2O2/c1-18-15(7-2-8-15)12-17-11-13-3-5-14(6-4-13)19-10-9-16/h3-6,17H,2,7-8,10-12H2,1H3. The Labute approximate surface area is 114 Å². The van der Waals surface area contributed by atoms with E-state index in [1.165, 1.54) is 12.0 Å². The monoisotopic (exact) mass is 260 g/mol. The first-order valence-corrected chi connectivity index (χ1v) is 6.63. The Morgan fingerprint density at radius 2 is 2.05 bits per heavy atom. The van der Waals surface area contributed by atoms with Crippen LogP contribution in [0, 0.1) is 11.3 Å². The maximum absolute atomic E-state index is 8.43. The summed E-state index contributed by atoms with van der Waals surface area (Å²) in [6, 6.07) is 9.77. The van der Waals surface area contributed by atoms with Crippen molar-refractivity contribution in [2.45, 2.75) is 31.4 Å². The Balaban J connectivity index is 1.75. The first-order chi connectivity index (χ1) is 9.28. The molecule has 19 heavy (non-hydrogen) atoms. The van der Waals surface area contributed by atoms with Gasteiger partial charge in [0.05, 0.1) is 5.60 Å². The zero-order chi connectivity index (χ0) is 13.6. The van der Waals surface area contributed by atoms with Crippen molar-refractivity contribution in [3.63, 3.8) is 0 Å². The predicted molar refractivity (Wildman–Crippen MR) is 72.8 cm³/mol. The average molecular weight is 260 g/mol. The van der Waals surface area contributed by atoms with E-state index in [9.17, 15) is 0 Å². The van der Waals surface area contributed by atoms with Crippen molar-refractivity contribution in [3.05, 3.63) is 29.8 Å². The number of hydrogen-bond donors (Lipinski definition) is 1. The molecule has 0 bridgehead atoms. The topological polar surface area (TPSA) is 54.3 Å². The summed E-state index contributed by atoms with van der Waals surface area (Å²) in [4.78, 5) is 0. The summed E-state index contributed by atoms with van der Waals surface area (Å²) < 4.78 is 10.8. The van der Waals surface area contributed by atoms with Crippen LogP contribution >= 0.6 is 0 Å². The summed E-state index contributed by atoms with van der Waals surface area (Å²) >= 11 is 0. The Morgan fingerprint density at radius 1 is 1.32 bits per heavy atom. The van der Waals surface area contributed by atoms with Gasteiger partial charge in [0.15, 0.2) is 6.61 Å². The zero-order valence-corrected chi connectivity index (χ0v) is 11.3. The van der Waals surface area contributed by atoms with E-state index in [1.807, 2.05) is 30.3 Å². The van der Waals surface area contributed by atoms with E-state index in [0.717, 1.165) is 31.7 Å². The molecular formula is C15H20N2O2. The number of benzene rings is 1. The minimum absolute atomic E-state index is 0.0653. The molecule has 0 atom stereocenters. The van der Waals surface area contributed by atoms with Gasteiger partial charge in [-0.3, -0.25) is 0 Å². The summed E-state index contributed by atoms with van der Waals surface area (Å²) in [7, 11) is 1.79. The van der Waals surface area contributed by atoms with Crippen LogP contribution in [-0.4, -0.2) is 25.9 Å². The van der Waals surface area contributed by atoms with Crippen LogP contribution in [0.3, 0.4) is 0 Å². The van der Waals surface area contributed by atoms with E-state index >= 15 is 0 Å². The van der Waals surface area contributed by atoms with Gasteiger partial charge in [0.2, 0.25) is 0 Å². The van der Waals surface area contributed by atoms with Crippen LogP contribution in [0.5, 0.6) is 5.75 Å². The summed E-state index contributed by atoms with van der Waals surface area (Å²) in [5.41, 5.74) is 1.27. The van der Waals surface area contributed by atoms with Gasteiger partial charge in [0.1, 0.15) is 11.8 Å². The van der Waals surface area contributed by atoms with Crippen LogP contribution in [-0.2, 0) is 11.3 Å². The molecule has 0 spiro atoms. The van der Waals surface area contributed by atoms with Gasteiger partial charge in [-0.1, -0.05) is 12.1 Å². The number of rotatable bonds is 7. The van der Waals surface area contributed by atoms with Crippen molar-refractivity contribution in [3.8, 4) is 11.8 Å². The van der Waals surface area contributed by atoms with Crippen molar-refractivity contribution in [2.75, 3.05) is 20.3 Å². The molecule has 0 amide bonds. The summed E-state index contributed by atoms with van der Waals surface area (Å²) in [5.74, 6) is 0.734. The van der Waals surface area contributed by atoms with Crippen LogP contribution in [0.1, 0.15) is 24.8 Å². The molecule has 4 nitrogen and oxygen atoms in total. The average Bonchev–Trinajstić information content (AvgIpc) is 2.41. The van der Waals surface area contributed by atoms with Gasteiger partial charge in [0.25, 0.3) is 0 Å². The Bertz CT molecular complexity index is 427. The number of nitrogens with zero attached hydrogens (tertiary/aromatic N) is 1. The fourth-order valence-corrected chi connectivity index (χ4v) is 2.28. The molecule has 0 radical (unpaired) electrons. The molecule has 1 aromatic carbocycles. The van der Waals surface area contributed by atoms with E-state index < -0.39 is 0 Å². The van der Waals surface area contributed by atoms with E-state index in [4.69, 9.17) is 14.7 Å². The second-order valence-corrected chi connectivity index (χ2v) is 4.93. The van der Waals surface area contributed by atoms with E-state index in [2.05, 4.69) is 5.32 Å². The van der Waals surface area contributed by atoms with Crippen LogP contribution < -0.4 is 10.1 Å². The van der Waals surface area contributed by atoms with Gasteiger partial charge < -0.3 is 14.8 Å². The highest BCUT2D eigenvalue weighted by Crippen LogP contribution is 2.34. The molecule has 1 aromatic rings. The Morgan fingerprint density at radius 3 is 2.58 bits per heavy atom. The molecule has 0 aliphatic heterocycles. The molecule has 1 fully saturated rings. The minimum Gasteiger partial charge on any atom is -0.479 e. The van der Waals surface area contributed by atoms with Gasteiger partial charge in [-0.25, -0.2) is 0 Å². The van der Waals surface area contributed by atoms with Gasteiger partial charge in [-0.2, -0.15) is 5.26 Å². The predicted octanol–water partition coefficient (Wildman–Crippen LogP) is 2.25. The summed E-state index contributed by atoms with van der Waals surface area (Å²) in [6.45, 7) is 1.81. The van der Waals surface area contributed by atoms with E-state index in [0.29, 0.717) is 0 Å². The molecule has 2 rings (SSSR count). The molecule has 0 aromatic heterocycles. The lowest BCUT2D eigenvalue weighted by molar-refractivity contribution is -0.0695. The molecule has 1 saturated carbocycles. The molecule has 1 aliphatic carbocycles. The summed E-state index contributed by atoms with van der Waals surface area (Å²) in [5, 5.41) is 11.9. The Kier molecular flexibility index (Phi) is 4.78. The second-order valence-electron chi connectivity index (χ2n) is 4.93. The molecule has 1 aliphatic rings. The van der Waals surface area contributed by atoms with Gasteiger partial charge in [-0.05, 0) is 37.0 Å². The quantitative estimate of drug-likeness (QED) is 0.817. The maximum atomic E-state index is 8.43. The van der Waals surface area contributed by atoms with E-state index in [-0.39, 0.29) is 12.2 Å². The second kappa shape index (κ2) is 6.55. The third-order valence-electron chi connectivity index (χ3n) is 3.70. The van der Waals surface area contributed by atoms with Gasteiger partial charge >= 0.3 is 0 Å². The van der Waals surface area contributed by atoms with E-state index in [1.54, 1.807) is 7.11 Å². The lowest BCUT2D eigenvalue weighted by atomic mass is 9.80. The molecule has 4 heteroatoms. The SMILES string of the molecule is COC1(CNCc2ccc(OCC#N)cc2)CCC1. The first kappa shape index (κ1) is 13.9. The van der Waals surface area contributed by atoms with Gasteiger partial charge in [0, 0.05) is 20.2 Å². The largest absolute Gasteiger partial charge is 0.479 e. The summed E-state index contributed by atoms with van der Waals surface area (Å²) in [6.07, 6.45) is 3.56. The highest BCUT2D eigenvalue weighted by Gasteiger charge is 2.36. The molecule has 0 heterocycles. The number of hydrogen-bond acceptors (Lipinski definition) is 4. The third kappa shape index (κ3) is 3.69. The number of nitriles is 1. The first-order valence-electron chi connectivity index (χ1n) is 6.63. The van der Waals surface area contributed by atoms with Crippen LogP contribution in [0.15, 0.2) is 24.3 Å². The highest BCUT2D eigenvalue weighted by atomic mass is 16.5. The van der Waals surface area contributed by atoms with Crippen molar-refractivity contribution >= 4 is 0 Å². The highest BCUT2D eigenvalue weighted by molar-refractivity contribution is 5.27. The maximum Gasteiger partial charge on any atom is 0.174 e. The molecular weight excluding hydrogens is 240 g/mol. The zero-order valence-electron chi connectivity index (χ0n) is 11.3.